The summed E-state index contributed by atoms with van der Waals surface area (Å²) in [7, 11) is 0. The Morgan fingerprint density at radius 3 is 0.849 bits per heavy atom. The predicted molar refractivity (Wildman–Crippen MR) is 355 cm³/mol. The van der Waals surface area contributed by atoms with Gasteiger partial charge in [0.1, 0.15) is 0 Å². The molecule has 0 saturated carbocycles. The number of hydrogen-bond acceptors (Lipinski definition) is 6. The SMILES string of the molecule is c1ccc(-c2ccc(N(c3ccc(-c4nc5ccccc5nc4-c4ccc(N(c5ccc(-n6c7ccccc7c7ccccc76)cc5)c5ccc(-c6ccccc6)nc5)cc4)cc3)c3ccc(-n4c5ccccc5c5ccccc54)cc3)cn2)cc1. The lowest BCUT2D eigenvalue weighted by Crippen LogP contribution is -2.11. The average Bonchev–Trinajstić information content (AvgIpc) is 3.38. The van der Waals surface area contributed by atoms with E-state index in [1.54, 1.807) is 0 Å². The van der Waals surface area contributed by atoms with Crippen molar-refractivity contribution in [2.24, 2.45) is 0 Å². The van der Waals surface area contributed by atoms with Gasteiger partial charge in [0.15, 0.2) is 0 Å². The number of aromatic nitrogens is 6. The van der Waals surface area contributed by atoms with Crippen molar-refractivity contribution in [1.29, 1.82) is 0 Å². The van der Waals surface area contributed by atoms with Crippen LogP contribution in [-0.4, -0.2) is 29.1 Å². The van der Waals surface area contributed by atoms with Gasteiger partial charge in [-0.1, -0.05) is 170 Å². The smallest absolute Gasteiger partial charge is 0.0973 e. The van der Waals surface area contributed by atoms with Crippen LogP contribution in [0.15, 0.2) is 316 Å². The van der Waals surface area contributed by atoms with Crippen molar-refractivity contribution in [3.05, 3.63) is 316 Å². The first-order valence-electron chi connectivity index (χ1n) is 28.9. The Morgan fingerprint density at radius 1 is 0.233 bits per heavy atom. The highest BCUT2D eigenvalue weighted by molar-refractivity contribution is 6.10. The summed E-state index contributed by atoms with van der Waals surface area (Å²) in [5.41, 5.74) is 21.7. The highest BCUT2D eigenvalue weighted by atomic mass is 15.2. The average molecular weight is 1100 g/mol. The van der Waals surface area contributed by atoms with Crippen molar-refractivity contribution < 1.29 is 0 Å². The van der Waals surface area contributed by atoms with Crippen LogP contribution in [-0.2, 0) is 0 Å². The first-order valence-corrected chi connectivity index (χ1v) is 28.9. The molecule has 0 atom stereocenters. The molecule has 0 fully saturated rings. The summed E-state index contributed by atoms with van der Waals surface area (Å²) < 4.78 is 4.70. The molecule has 0 N–H and O–H groups in total. The molecule has 8 nitrogen and oxygen atoms in total. The molecule has 5 heterocycles. The van der Waals surface area contributed by atoms with Crippen LogP contribution in [0.25, 0.3) is 111 Å². The minimum absolute atomic E-state index is 0.789. The first kappa shape index (κ1) is 50.0. The molecule has 0 unspecified atom stereocenters. The molecule has 0 aliphatic carbocycles. The molecule has 0 bridgehead atoms. The van der Waals surface area contributed by atoms with Gasteiger partial charge in [-0.2, -0.15) is 0 Å². The van der Waals surface area contributed by atoms with E-state index in [0.717, 1.165) is 102 Å². The third-order valence-electron chi connectivity index (χ3n) is 16.4. The van der Waals surface area contributed by atoms with Gasteiger partial charge in [-0.3, -0.25) is 9.97 Å². The quantitative estimate of drug-likeness (QED) is 0.121. The summed E-state index contributed by atoms with van der Waals surface area (Å²) in [5.74, 6) is 0. The third kappa shape index (κ3) is 8.88. The van der Waals surface area contributed by atoms with Crippen molar-refractivity contribution in [3.8, 4) is 56.4 Å². The van der Waals surface area contributed by atoms with Gasteiger partial charge in [0.2, 0.25) is 0 Å². The Kier molecular flexibility index (Phi) is 12.3. The molecule has 8 heteroatoms. The maximum atomic E-state index is 5.37. The van der Waals surface area contributed by atoms with E-state index >= 15 is 0 Å². The van der Waals surface area contributed by atoms with Crippen molar-refractivity contribution in [2.75, 3.05) is 9.80 Å². The van der Waals surface area contributed by atoms with E-state index in [2.05, 4.69) is 262 Å². The lowest BCUT2D eigenvalue weighted by molar-refractivity contribution is 1.17. The lowest BCUT2D eigenvalue weighted by atomic mass is 10.0. The minimum atomic E-state index is 0.789. The summed E-state index contributed by atoms with van der Waals surface area (Å²) in [5, 5.41) is 4.92. The van der Waals surface area contributed by atoms with Crippen LogP contribution < -0.4 is 9.80 Å². The standard InChI is InChI=1S/C78H52N8/c1-3-17-53(18-4-1)69-49-47-63(51-79-69)83(59-39-43-61(44-40-59)85-73-27-13-7-21-65(73)66-22-8-14-28-74(66)85)57-35-31-55(32-36-57)77-78(82-72-26-12-11-25-71(72)81-77)56-33-37-58(38-34-56)84(64-48-50-70(80-52-64)54-19-5-2-6-20-54)60-41-45-62(46-42-60)86-75-29-15-9-23-67(75)68-24-10-16-30-76(68)86/h1-52H. The van der Waals surface area contributed by atoms with Gasteiger partial charge in [-0.15, -0.1) is 0 Å². The number of fused-ring (bicyclic) bond motifs is 7. The molecule has 5 aromatic heterocycles. The highest BCUT2D eigenvalue weighted by Crippen LogP contribution is 2.42. The van der Waals surface area contributed by atoms with Crippen LogP contribution in [0.5, 0.6) is 0 Å². The molecule has 0 spiro atoms. The fourth-order valence-corrected chi connectivity index (χ4v) is 12.3. The fraction of sp³-hybridized carbons (Fsp3) is 0. The zero-order valence-corrected chi connectivity index (χ0v) is 46.6. The van der Waals surface area contributed by atoms with Crippen LogP contribution in [0.2, 0.25) is 0 Å². The normalized spacial score (nSPS) is 11.5. The Bertz CT molecular complexity index is 4690. The largest absolute Gasteiger partial charge is 0.309 e. The monoisotopic (exact) mass is 1100 g/mol. The topological polar surface area (TPSA) is 67.9 Å². The molecule has 11 aromatic carbocycles. The molecule has 404 valence electrons. The van der Waals surface area contributed by atoms with Crippen molar-refractivity contribution in [1.82, 2.24) is 29.1 Å². The number of benzene rings is 11. The maximum absolute atomic E-state index is 5.37. The Morgan fingerprint density at radius 2 is 0.523 bits per heavy atom. The van der Waals surface area contributed by atoms with E-state index in [0.29, 0.717) is 0 Å². The molecular weight excluding hydrogens is 1050 g/mol. The second-order valence-electron chi connectivity index (χ2n) is 21.5. The molecule has 16 aromatic rings. The van der Waals surface area contributed by atoms with E-state index in [-0.39, 0.29) is 0 Å². The van der Waals surface area contributed by atoms with Crippen molar-refractivity contribution in [2.45, 2.75) is 0 Å². The van der Waals surface area contributed by atoms with Gasteiger partial charge in [0.05, 0.1) is 79.6 Å². The molecule has 0 amide bonds. The molecule has 0 saturated heterocycles. The minimum Gasteiger partial charge on any atom is -0.309 e. The number of anilines is 6. The van der Waals surface area contributed by atoms with Gasteiger partial charge in [-0.05, 0) is 133 Å². The Hall–Kier alpha value is -11.7. The summed E-state index contributed by atoms with van der Waals surface area (Å²) >= 11 is 0. The molecule has 0 aliphatic heterocycles. The van der Waals surface area contributed by atoms with E-state index in [1.165, 1.54) is 43.6 Å². The second kappa shape index (κ2) is 21.2. The molecular formula is C78H52N8. The second-order valence-corrected chi connectivity index (χ2v) is 21.5. The van der Waals surface area contributed by atoms with Crippen molar-refractivity contribution in [3.63, 3.8) is 0 Å². The van der Waals surface area contributed by atoms with Gasteiger partial charge in [0, 0.05) is 77.9 Å². The van der Waals surface area contributed by atoms with E-state index in [1.807, 2.05) is 73.1 Å². The van der Waals surface area contributed by atoms with Gasteiger partial charge < -0.3 is 18.9 Å². The summed E-state index contributed by atoms with van der Waals surface area (Å²) in [4.78, 5) is 25.3. The van der Waals surface area contributed by atoms with E-state index < -0.39 is 0 Å². The Balaban J connectivity index is 0.768. The van der Waals surface area contributed by atoms with Crippen LogP contribution in [0.4, 0.5) is 34.1 Å². The first-order chi connectivity index (χ1) is 42.6. The number of para-hydroxylation sites is 6. The van der Waals surface area contributed by atoms with E-state index in [9.17, 15) is 0 Å². The summed E-state index contributed by atoms with van der Waals surface area (Å²) in [6.45, 7) is 0. The van der Waals surface area contributed by atoms with Crippen LogP contribution in [0.1, 0.15) is 0 Å². The van der Waals surface area contributed by atoms with Crippen LogP contribution in [0, 0.1) is 0 Å². The Labute approximate surface area is 497 Å². The van der Waals surface area contributed by atoms with Crippen LogP contribution >= 0.6 is 0 Å². The highest BCUT2D eigenvalue weighted by Gasteiger charge is 2.21. The fourth-order valence-electron chi connectivity index (χ4n) is 12.3. The third-order valence-corrected chi connectivity index (χ3v) is 16.4. The number of hydrogen-bond donors (Lipinski definition) is 0. The van der Waals surface area contributed by atoms with Gasteiger partial charge >= 0.3 is 0 Å². The number of nitrogens with zero attached hydrogens (tertiary/aromatic N) is 8. The molecule has 0 radical (unpaired) electrons. The summed E-state index contributed by atoms with van der Waals surface area (Å²) in [6.07, 6.45) is 3.93. The summed E-state index contributed by atoms with van der Waals surface area (Å²) in [6, 6.07) is 107. The van der Waals surface area contributed by atoms with Crippen LogP contribution in [0.3, 0.4) is 0 Å². The molecule has 86 heavy (non-hydrogen) atoms. The molecule has 0 aliphatic rings. The van der Waals surface area contributed by atoms with Crippen molar-refractivity contribution >= 4 is 88.8 Å². The zero-order valence-electron chi connectivity index (χ0n) is 46.6. The van der Waals surface area contributed by atoms with Gasteiger partial charge in [-0.25, -0.2) is 9.97 Å². The molecule has 16 rings (SSSR count). The lowest BCUT2D eigenvalue weighted by Gasteiger charge is -2.26. The van der Waals surface area contributed by atoms with Gasteiger partial charge in [0.25, 0.3) is 0 Å². The maximum Gasteiger partial charge on any atom is 0.0973 e. The number of rotatable bonds is 12. The predicted octanol–water partition coefficient (Wildman–Crippen LogP) is 20.2. The van der Waals surface area contributed by atoms with E-state index in [4.69, 9.17) is 19.9 Å². The number of pyridine rings is 2. The zero-order chi connectivity index (χ0) is 56.9.